The minimum absolute atomic E-state index is 0.0205. The SMILES string of the molecule is C=CC(=C)[C@]1(CCl)COc2ccc3cc2N(CC2CC[C@@H]2[C@@H](OC(=O)c2ccc(Br)cc2)/C=C/CC(C)C(C)S(=O)(=O)NC3=O)C1. The molecule has 3 aliphatic rings. The molecular formula is C35H40BrClN2O6S. The van der Waals surface area contributed by atoms with Gasteiger partial charge in [-0.2, -0.15) is 0 Å². The first-order valence-electron chi connectivity index (χ1n) is 15.5. The fourth-order valence-electron chi connectivity index (χ4n) is 6.27. The maximum Gasteiger partial charge on any atom is 0.338 e. The zero-order valence-electron chi connectivity index (χ0n) is 26.1. The zero-order chi connectivity index (χ0) is 33.2. The number of nitrogens with one attached hydrogen (secondary N) is 1. The van der Waals surface area contributed by atoms with Crippen LogP contribution < -0.4 is 14.4 Å². The van der Waals surface area contributed by atoms with Crippen LogP contribution in [0.1, 0.15) is 53.8 Å². The molecule has 0 radical (unpaired) electrons. The Labute approximate surface area is 285 Å². The predicted molar refractivity (Wildman–Crippen MR) is 185 cm³/mol. The van der Waals surface area contributed by atoms with Crippen molar-refractivity contribution in [2.45, 2.75) is 44.5 Å². The largest absolute Gasteiger partial charge is 0.490 e. The van der Waals surface area contributed by atoms with Gasteiger partial charge in [-0.3, -0.25) is 4.79 Å². The highest BCUT2D eigenvalue weighted by Gasteiger charge is 2.43. The lowest BCUT2D eigenvalue weighted by molar-refractivity contribution is -0.00208. The molecule has 246 valence electrons. The van der Waals surface area contributed by atoms with E-state index in [4.69, 9.17) is 21.1 Å². The van der Waals surface area contributed by atoms with Crippen LogP contribution in [-0.4, -0.2) is 57.2 Å². The predicted octanol–water partition coefficient (Wildman–Crippen LogP) is 6.91. The number of rotatable bonds is 5. The number of amides is 1. The number of sulfonamides is 1. The van der Waals surface area contributed by atoms with Crippen LogP contribution in [0.15, 0.2) is 83.9 Å². The number of hydrogen-bond acceptors (Lipinski definition) is 7. The van der Waals surface area contributed by atoms with Crippen LogP contribution in [0.3, 0.4) is 0 Å². The third-order valence-electron chi connectivity index (χ3n) is 9.78. The van der Waals surface area contributed by atoms with E-state index in [0.29, 0.717) is 36.5 Å². The van der Waals surface area contributed by atoms with Gasteiger partial charge < -0.3 is 14.4 Å². The molecule has 6 atom stereocenters. The number of carbonyl (C=O) groups is 2. The number of anilines is 1. The Hall–Kier alpha value is -3.08. The second-order valence-electron chi connectivity index (χ2n) is 12.7. The second kappa shape index (κ2) is 14.0. The molecule has 2 aromatic carbocycles. The molecule has 8 nitrogen and oxygen atoms in total. The van der Waals surface area contributed by atoms with Crippen molar-refractivity contribution in [2.75, 3.05) is 30.5 Å². The van der Waals surface area contributed by atoms with E-state index in [1.807, 2.05) is 19.1 Å². The van der Waals surface area contributed by atoms with E-state index in [1.54, 1.807) is 55.5 Å². The van der Waals surface area contributed by atoms with Crippen molar-refractivity contribution in [3.63, 3.8) is 0 Å². The topological polar surface area (TPSA) is 102 Å². The Morgan fingerprint density at radius 1 is 1.22 bits per heavy atom. The number of ether oxygens (including phenoxy) is 2. The van der Waals surface area contributed by atoms with E-state index in [-0.39, 0.29) is 35.8 Å². The molecule has 5 rings (SSSR count). The number of allylic oxidation sites excluding steroid dienone is 2. The first-order chi connectivity index (χ1) is 21.9. The minimum atomic E-state index is -4.00. The summed E-state index contributed by atoms with van der Waals surface area (Å²) in [5.41, 5.74) is 1.39. The highest BCUT2D eigenvalue weighted by atomic mass is 79.9. The molecule has 46 heavy (non-hydrogen) atoms. The van der Waals surface area contributed by atoms with Gasteiger partial charge in [0.25, 0.3) is 5.91 Å². The van der Waals surface area contributed by atoms with Crippen molar-refractivity contribution in [1.82, 2.24) is 4.72 Å². The first-order valence-corrected chi connectivity index (χ1v) is 18.3. The van der Waals surface area contributed by atoms with Crippen LogP contribution in [-0.2, 0) is 14.8 Å². The standard InChI is InChI=1S/C35H40BrClN2O6S/c1-5-23(3)35(19-37)20-39-18-27-11-15-29(27)31(45-34(41)25-9-13-28(36)14-10-25)8-6-7-22(2)24(4)46(42,43)38-33(40)26-12-16-32(44-21-35)30(39)17-26/h5-6,8-10,12-14,16-17,22,24,27,29,31H,1,3,7,11,15,18-21H2,2,4H3,(H,38,40)/b8-6+/t22?,24?,27?,29-,31-,35-/m0/s1. The summed E-state index contributed by atoms with van der Waals surface area (Å²) in [5.74, 6) is -0.483. The normalized spacial score (nSPS) is 29.9. The van der Waals surface area contributed by atoms with Crippen molar-refractivity contribution >= 4 is 55.1 Å². The Balaban J connectivity index is 1.56. The maximum absolute atomic E-state index is 13.3. The molecule has 2 bridgehead atoms. The molecule has 0 aromatic heterocycles. The molecule has 0 saturated heterocycles. The van der Waals surface area contributed by atoms with Crippen molar-refractivity contribution < 1.29 is 27.5 Å². The Bertz CT molecular complexity index is 1640. The summed E-state index contributed by atoms with van der Waals surface area (Å²) in [5, 5.41) is -0.857. The third kappa shape index (κ3) is 7.09. The van der Waals surface area contributed by atoms with Crippen LogP contribution >= 0.6 is 27.5 Å². The Kier molecular flexibility index (Phi) is 10.4. The molecule has 3 unspecified atom stereocenters. The quantitative estimate of drug-likeness (QED) is 0.154. The summed E-state index contributed by atoms with van der Waals surface area (Å²) in [7, 11) is -4.00. The molecule has 0 spiro atoms. The molecule has 11 heteroatoms. The summed E-state index contributed by atoms with van der Waals surface area (Å²) in [4.78, 5) is 28.8. The van der Waals surface area contributed by atoms with E-state index in [2.05, 4.69) is 38.7 Å². The van der Waals surface area contributed by atoms with E-state index in [1.165, 1.54) is 0 Å². The van der Waals surface area contributed by atoms with E-state index >= 15 is 0 Å². The van der Waals surface area contributed by atoms with Gasteiger partial charge in [-0.15, -0.1) is 11.6 Å². The summed E-state index contributed by atoms with van der Waals surface area (Å²) < 4.78 is 42.2. The lowest BCUT2D eigenvalue weighted by atomic mass is 9.69. The Morgan fingerprint density at radius 3 is 2.61 bits per heavy atom. The lowest BCUT2D eigenvalue weighted by Crippen LogP contribution is -2.48. The summed E-state index contributed by atoms with van der Waals surface area (Å²) >= 11 is 10.0. The van der Waals surface area contributed by atoms with Gasteiger partial charge in [0.2, 0.25) is 10.0 Å². The van der Waals surface area contributed by atoms with Gasteiger partial charge in [0.1, 0.15) is 18.5 Å². The van der Waals surface area contributed by atoms with Gasteiger partial charge >= 0.3 is 5.97 Å². The highest BCUT2D eigenvalue weighted by Crippen LogP contribution is 2.45. The number of hydrogen-bond donors (Lipinski definition) is 1. The lowest BCUT2D eigenvalue weighted by Gasteiger charge is -2.44. The van der Waals surface area contributed by atoms with Crippen LogP contribution in [0.5, 0.6) is 5.75 Å². The van der Waals surface area contributed by atoms with Crippen molar-refractivity contribution in [1.29, 1.82) is 0 Å². The van der Waals surface area contributed by atoms with Crippen molar-refractivity contribution in [3.8, 4) is 5.75 Å². The number of alkyl halides is 1. The van der Waals surface area contributed by atoms with E-state index in [0.717, 1.165) is 22.9 Å². The average molecular weight is 732 g/mol. The van der Waals surface area contributed by atoms with Crippen LogP contribution in [0.25, 0.3) is 0 Å². The minimum Gasteiger partial charge on any atom is -0.490 e. The van der Waals surface area contributed by atoms with Crippen LogP contribution in [0, 0.1) is 23.2 Å². The number of nitrogens with zero attached hydrogens (tertiary/aromatic N) is 1. The second-order valence-corrected chi connectivity index (χ2v) is 15.9. The molecule has 2 aromatic rings. The number of benzene rings is 2. The van der Waals surface area contributed by atoms with Gasteiger partial charge in [-0.25, -0.2) is 17.9 Å². The van der Waals surface area contributed by atoms with Gasteiger partial charge in [0, 0.05) is 34.9 Å². The molecule has 1 saturated carbocycles. The van der Waals surface area contributed by atoms with E-state index in [9.17, 15) is 18.0 Å². The fourth-order valence-corrected chi connectivity index (χ4v) is 8.15. The number of carbonyl (C=O) groups excluding carboxylic acids is 2. The third-order valence-corrected chi connectivity index (χ3v) is 12.7. The maximum atomic E-state index is 13.3. The first kappa shape index (κ1) is 34.3. The van der Waals surface area contributed by atoms with Gasteiger partial charge in [-0.05, 0) is 92.1 Å². The highest BCUT2D eigenvalue weighted by molar-refractivity contribution is 9.10. The van der Waals surface area contributed by atoms with Crippen molar-refractivity contribution in [2.24, 2.45) is 23.2 Å². The molecule has 1 aliphatic carbocycles. The smallest absolute Gasteiger partial charge is 0.338 e. The molecule has 2 aliphatic heterocycles. The average Bonchev–Trinajstić information content (AvgIpc) is 3.18. The van der Waals surface area contributed by atoms with Gasteiger partial charge in [0.05, 0.1) is 21.9 Å². The zero-order valence-corrected chi connectivity index (χ0v) is 29.2. The number of halogens is 2. The summed E-state index contributed by atoms with van der Waals surface area (Å²) in [6, 6.07) is 12.0. The van der Waals surface area contributed by atoms with Crippen LogP contribution in [0.2, 0.25) is 0 Å². The molecule has 2 heterocycles. The summed E-state index contributed by atoms with van der Waals surface area (Å²) in [6.07, 6.45) is 7.16. The molecule has 1 amide bonds. The fraction of sp³-hybridized carbons (Fsp3) is 0.429. The molecule has 1 N–H and O–H groups in total. The number of fused-ring (bicyclic) bond motifs is 2. The summed E-state index contributed by atoms with van der Waals surface area (Å²) in [6.45, 7) is 12.8. The number of esters is 1. The molecule has 1 fully saturated rings. The molecular weight excluding hydrogens is 692 g/mol. The van der Waals surface area contributed by atoms with E-state index < -0.39 is 38.7 Å². The van der Waals surface area contributed by atoms with Crippen LogP contribution in [0.4, 0.5) is 5.69 Å². The monoisotopic (exact) mass is 730 g/mol. The van der Waals surface area contributed by atoms with Gasteiger partial charge in [0.15, 0.2) is 0 Å². The van der Waals surface area contributed by atoms with Gasteiger partial charge in [-0.1, -0.05) is 48.2 Å². The van der Waals surface area contributed by atoms with Crippen molar-refractivity contribution in [3.05, 3.63) is 95.0 Å². The Morgan fingerprint density at radius 2 is 1.96 bits per heavy atom.